The molecular formula is C13H16N2O3. The summed E-state index contributed by atoms with van der Waals surface area (Å²) in [6.07, 6.45) is 4.75. The Hall–Kier alpha value is -1.91. The molecule has 5 heteroatoms. The van der Waals surface area contributed by atoms with Gasteiger partial charge >= 0.3 is 5.97 Å². The van der Waals surface area contributed by atoms with Crippen LogP contribution in [-0.2, 0) is 0 Å². The van der Waals surface area contributed by atoms with Crippen LogP contribution in [0.5, 0.6) is 0 Å². The number of nitrogens with one attached hydrogen (secondary N) is 1. The fourth-order valence-corrected chi connectivity index (χ4v) is 1.73. The van der Waals surface area contributed by atoms with E-state index in [9.17, 15) is 9.59 Å². The van der Waals surface area contributed by atoms with Crippen molar-refractivity contribution >= 4 is 11.9 Å². The highest BCUT2D eigenvalue weighted by Crippen LogP contribution is 2.47. The highest BCUT2D eigenvalue weighted by molar-refractivity contribution is 5.96. The van der Waals surface area contributed by atoms with Crippen molar-refractivity contribution in [3.63, 3.8) is 0 Å². The Kier molecular flexibility index (Phi) is 3.32. The van der Waals surface area contributed by atoms with Crippen LogP contribution in [0.2, 0.25) is 0 Å². The van der Waals surface area contributed by atoms with E-state index in [4.69, 9.17) is 5.11 Å². The van der Waals surface area contributed by atoms with Crippen LogP contribution in [0.15, 0.2) is 18.3 Å². The molecule has 0 radical (unpaired) electrons. The van der Waals surface area contributed by atoms with Crippen LogP contribution in [-0.4, -0.2) is 28.5 Å². The summed E-state index contributed by atoms with van der Waals surface area (Å²) in [6.45, 7) is 2.83. The van der Waals surface area contributed by atoms with Gasteiger partial charge in [-0.2, -0.15) is 0 Å². The first-order valence-electron chi connectivity index (χ1n) is 5.98. The summed E-state index contributed by atoms with van der Waals surface area (Å²) < 4.78 is 0. The van der Waals surface area contributed by atoms with Gasteiger partial charge in [0, 0.05) is 18.3 Å². The Morgan fingerprint density at radius 3 is 2.83 bits per heavy atom. The van der Waals surface area contributed by atoms with Crippen molar-refractivity contribution in [2.75, 3.05) is 6.54 Å². The molecule has 96 valence electrons. The lowest BCUT2D eigenvalue weighted by Crippen LogP contribution is -2.26. The molecule has 0 atom stereocenters. The van der Waals surface area contributed by atoms with E-state index in [1.807, 2.05) is 0 Å². The van der Waals surface area contributed by atoms with Crippen LogP contribution in [0, 0.1) is 5.41 Å². The fraction of sp³-hybridized carbons (Fsp3) is 0.462. The van der Waals surface area contributed by atoms with E-state index in [2.05, 4.69) is 17.2 Å². The molecule has 2 rings (SSSR count). The molecule has 18 heavy (non-hydrogen) atoms. The number of hydrogen-bond donors (Lipinski definition) is 2. The van der Waals surface area contributed by atoms with Gasteiger partial charge in [-0.15, -0.1) is 0 Å². The van der Waals surface area contributed by atoms with Crippen molar-refractivity contribution in [2.24, 2.45) is 5.41 Å². The van der Waals surface area contributed by atoms with E-state index in [0.29, 0.717) is 17.5 Å². The molecule has 0 saturated heterocycles. The van der Waals surface area contributed by atoms with Crippen LogP contribution in [0.25, 0.3) is 0 Å². The van der Waals surface area contributed by atoms with Gasteiger partial charge < -0.3 is 10.4 Å². The molecule has 1 amide bonds. The Morgan fingerprint density at radius 1 is 1.50 bits per heavy atom. The molecule has 1 aromatic rings. The maximum Gasteiger partial charge on any atom is 0.354 e. The standard InChI is InChI=1S/C13H16N2O3/c1-13(3-4-13)5-7-15-11(16)9-2-6-14-10(8-9)12(17)18/h2,6,8H,3-5,7H2,1H3,(H,15,16)(H,17,18). The summed E-state index contributed by atoms with van der Waals surface area (Å²) in [5, 5.41) is 11.6. The van der Waals surface area contributed by atoms with Crippen LogP contribution >= 0.6 is 0 Å². The molecule has 1 fully saturated rings. The number of nitrogens with zero attached hydrogens (tertiary/aromatic N) is 1. The lowest BCUT2D eigenvalue weighted by Gasteiger charge is -2.09. The Labute approximate surface area is 105 Å². The third kappa shape index (κ3) is 3.06. The van der Waals surface area contributed by atoms with E-state index >= 15 is 0 Å². The largest absolute Gasteiger partial charge is 0.477 e. The van der Waals surface area contributed by atoms with Gasteiger partial charge in [0.05, 0.1) is 0 Å². The highest BCUT2D eigenvalue weighted by Gasteiger charge is 2.36. The third-order valence-electron chi connectivity index (χ3n) is 3.36. The lowest BCUT2D eigenvalue weighted by atomic mass is 10.1. The minimum Gasteiger partial charge on any atom is -0.477 e. The number of carboxylic acids is 1. The number of aromatic nitrogens is 1. The summed E-state index contributed by atoms with van der Waals surface area (Å²) in [7, 11) is 0. The number of hydrogen-bond acceptors (Lipinski definition) is 3. The van der Waals surface area contributed by atoms with Gasteiger partial charge in [0.2, 0.25) is 0 Å². The topological polar surface area (TPSA) is 79.3 Å². The predicted octanol–water partition coefficient (Wildman–Crippen LogP) is 1.70. The van der Waals surface area contributed by atoms with Gasteiger partial charge in [-0.25, -0.2) is 9.78 Å². The second kappa shape index (κ2) is 4.76. The normalized spacial score (nSPS) is 16.1. The zero-order valence-electron chi connectivity index (χ0n) is 10.3. The van der Waals surface area contributed by atoms with E-state index in [-0.39, 0.29) is 11.6 Å². The van der Waals surface area contributed by atoms with Crippen molar-refractivity contribution in [3.05, 3.63) is 29.6 Å². The van der Waals surface area contributed by atoms with E-state index in [1.54, 1.807) is 0 Å². The maximum atomic E-state index is 11.8. The van der Waals surface area contributed by atoms with Crippen molar-refractivity contribution in [1.82, 2.24) is 10.3 Å². The smallest absolute Gasteiger partial charge is 0.354 e. The molecule has 1 aliphatic rings. The number of aromatic carboxylic acids is 1. The highest BCUT2D eigenvalue weighted by atomic mass is 16.4. The van der Waals surface area contributed by atoms with E-state index < -0.39 is 5.97 Å². The number of rotatable bonds is 5. The Morgan fingerprint density at radius 2 is 2.22 bits per heavy atom. The molecule has 0 bridgehead atoms. The minimum absolute atomic E-state index is 0.114. The van der Waals surface area contributed by atoms with Gasteiger partial charge in [0.25, 0.3) is 5.91 Å². The quantitative estimate of drug-likeness (QED) is 0.831. The number of carbonyl (C=O) groups is 2. The molecule has 0 spiro atoms. The van der Waals surface area contributed by atoms with Crippen molar-refractivity contribution in [3.8, 4) is 0 Å². The molecule has 1 aromatic heterocycles. The third-order valence-corrected chi connectivity index (χ3v) is 3.36. The average molecular weight is 248 g/mol. The van der Waals surface area contributed by atoms with Gasteiger partial charge in [-0.3, -0.25) is 4.79 Å². The summed E-state index contributed by atoms with van der Waals surface area (Å²) in [4.78, 5) is 26.2. The summed E-state index contributed by atoms with van der Waals surface area (Å²) in [5.41, 5.74) is 0.623. The van der Waals surface area contributed by atoms with Gasteiger partial charge in [-0.05, 0) is 36.8 Å². The molecule has 1 saturated carbocycles. The fourth-order valence-electron chi connectivity index (χ4n) is 1.73. The first-order valence-corrected chi connectivity index (χ1v) is 5.98. The number of pyridine rings is 1. The Balaban J connectivity index is 1.91. The second-order valence-corrected chi connectivity index (χ2v) is 5.05. The van der Waals surface area contributed by atoms with Gasteiger partial charge in [0.15, 0.2) is 0 Å². The maximum absolute atomic E-state index is 11.8. The van der Waals surface area contributed by atoms with Crippen LogP contribution in [0.4, 0.5) is 0 Å². The Bertz CT molecular complexity index is 481. The lowest BCUT2D eigenvalue weighted by molar-refractivity contribution is 0.0690. The van der Waals surface area contributed by atoms with Crippen molar-refractivity contribution in [2.45, 2.75) is 26.2 Å². The molecule has 1 heterocycles. The minimum atomic E-state index is -1.13. The van der Waals surface area contributed by atoms with Gasteiger partial charge in [-0.1, -0.05) is 6.92 Å². The molecule has 0 aliphatic heterocycles. The first kappa shape index (κ1) is 12.5. The number of carbonyl (C=O) groups excluding carboxylic acids is 1. The number of amides is 1. The van der Waals surface area contributed by atoms with Crippen molar-refractivity contribution < 1.29 is 14.7 Å². The average Bonchev–Trinajstić information content (AvgIpc) is 3.07. The predicted molar refractivity (Wildman–Crippen MR) is 65.5 cm³/mol. The van der Waals surface area contributed by atoms with Crippen LogP contribution < -0.4 is 5.32 Å². The van der Waals surface area contributed by atoms with E-state index in [0.717, 1.165) is 6.42 Å². The molecule has 1 aliphatic carbocycles. The molecule has 0 unspecified atom stereocenters. The van der Waals surface area contributed by atoms with Gasteiger partial charge in [0.1, 0.15) is 5.69 Å². The van der Waals surface area contributed by atoms with Crippen LogP contribution in [0.1, 0.15) is 47.0 Å². The van der Waals surface area contributed by atoms with E-state index in [1.165, 1.54) is 31.2 Å². The number of carboxylic acid groups (broad SMARTS) is 1. The monoisotopic (exact) mass is 248 g/mol. The summed E-state index contributed by atoms with van der Waals surface area (Å²) >= 11 is 0. The molecule has 2 N–H and O–H groups in total. The zero-order chi connectivity index (χ0) is 13.2. The van der Waals surface area contributed by atoms with Crippen LogP contribution in [0.3, 0.4) is 0 Å². The van der Waals surface area contributed by atoms with Crippen molar-refractivity contribution in [1.29, 1.82) is 0 Å². The molecule has 5 nitrogen and oxygen atoms in total. The zero-order valence-corrected chi connectivity index (χ0v) is 10.3. The first-order chi connectivity index (χ1) is 8.50. The summed E-state index contributed by atoms with van der Waals surface area (Å²) in [6, 6.07) is 2.80. The summed E-state index contributed by atoms with van der Waals surface area (Å²) in [5.74, 6) is -1.38. The second-order valence-electron chi connectivity index (χ2n) is 5.05. The molecular weight excluding hydrogens is 232 g/mol. The molecule has 0 aromatic carbocycles. The SMILES string of the molecule is CC1(CCNC(=O)c2ccnc(C(=O)O)c2)CC1.